The summed E-state index contributed by atoms with van der Waals surface area (Å²) >= 11 is 0. The molecule has 0 unspecified atom stereocenters. The minimum atomic E-state index is -4.88. The van der Waals surface area contributed by atoms with E-state index in [2.05, 4.69) is 0 Å². The van der Waals surface area contributed by atoms with Crippen LogP contribution in [-0.2, 0) is 19.0 Å². The molecule has 3 rings (SSSR count). The fourth-order valence-electron chi connectivity index (χ4n) is 2.64. The van der Waals surface area contributed by atoms with E-state index >= 15 is 0 Å². The van der Waals surface area contributed by atoms with Crippen LogP contribution in [0.2, 0.25) is 0 Å². The van der Waals surface area contributed by atoms with Crippen molar-refractivity contribution in [3.63, 3.8) is 0 Å². The summed E-state index contributed by atoms with van der Waals surface area (Å²) in [7, 11) is 0. The van der Waals surface area contributed by atoms with Crippen LogP contribution in [-0.4, -0.2) is 0 Å². The summed E-state index contributed by atoms with van der Waals surface area (Å²) in [6.45, 7) is -0.419. The molecule has 0 aliphatic carbocycles. The summed E-state index contributed by atoms with van der Waals surface area (Å²) in [4.78, 5) is 0. The third kappa shape index (κ3) is 4.85. The van der Waals surface area contributed by atoms with E-state index in [1.54, 1.807) is 24.3 Å². The second-order valence-corrected chi connectivity index (χ2v) is 6.09. The Labute approximate surface area is 157 Å². The summed E-state index contributed by atoms with van der Waals surface area (Å²) < 4.78 is 82.8. The van der Waals surface area contributed by atoms with E-state index < -0.39 is 30.1 Å². The van der Waals surface area contributed by atoms with Gasteiger partial charge in [-0.25, -0.2) is 0 Å². The molecule has 0 heterocycles. The van der Waals surface area contributed by atoms with Gasteiger partial charge in [0, 0.05) is 0 Å². The Balaban J connectivity index is 1.78. The molecule has 0 aliphatic rings. The maximum absolute atomic E-state index is 12.9. The molecule has 0 bridgehead atoms. The zero-order chi connectivity index (χ0) is 20.4. The van der Waals surface area contributed by atoms with E-state index in [1.807, 2.05) is 30.3 Å². The first kappa shape index (κ1) is 19.8. The van der Waals surface area contributed by atoms with Crippen LogP contribution < -0.4 is 4.74 Å². The van der Waals surface area contributed by atoms with Crippen LogP contribution in [0.15, 0.2) is 72.8 Å². The summed E-state index contributed by atoms with van der Waals surface area (Å²) in [5.41, 5.74) is -1.05. The van der Waals surface area contributed by atoms with Crippen molar-refractivity contribution >= 4 is 0 Å². The molecule has 0 aromatic heterocycles. The van der Waals surface area contributed by atoms with Gasteiger partial charge in [0.15, 0.2) is 0 Å². The lowest BCUT2D eigenvalue weighted by molar-refractivity contribution is -0.143. The van der Waals surface area contributed by atoms with Crippen molar-refractivity contribution in [3.05, 3.63) is 89.5 Å². The Kier molecular flexibility index (Phi) is 5.36. The van der Waals surface area contributed by atoms with Crippen molar-refractivity contribution < 1.29 is 31.1 Å². The first-order valence-electron chi connectivity index (χ1n) is 8.19. The number of ether oxygens (including phenoxy) is 1. The van der Waals surface area contributed by atoms with Gasteiger partial charge in [-0.3, -0.25) is 0 Å². The third-order valence-electron chi connectivity index (χ3n) is 4.01. The Morgan fingerprint density at radius 2 is 1.11 bits per heavy atom. The van der Waals surface area contributed by atoms with Gasteiger partial charge < -0.3 is 4.74 Å². The molecule has 146 valence electrons. The Morgan fingerprint density at radius 1 is 0.607 bits per heavy atom. The fourth-order valence-corrected chi connectivity index (χ4v) is 2.64. The smallest absolute Gasteiger partial charge is 0.416 e. The van der Waals surface area contributed by atoms with Crippen molar-refractivity contribution in [1.29, 1.82) is 0 Å². The standard InChI is InChI=1S/C21H14F6O/c22-20(23,24)17-10-14(11-18(12-17)21(25,26)27)13-28-19-8-6-16(7-9-19)15-4-2-1-3-5-15/h1-12H,13H2. The molecule has 7 heteroatoms. The van der Waals surface area contributed by atoms with Crippen LogP contribution in [0.1, 0.15) is 16.7 Å². The van der Waals surface area contributed by atoms with Gasteiger partial charge in [0.1, 0.15) is 12.4 Å². The van der Waals surface area contributed by atoms with Crippen LogP contribution in [0.5, 0.6) is 5.75 Å². The lowest BCUT2D eigenvalue weighted by Crippen LogP contribution is -2.12. The number of alkyl halides is 6. The zero-order valence-corrected chi connectivity index (χ0v) is 14.3. The Morgan fingerprint density at radius 3 is 1.61 bits per heavy atom. The molecule has 1 nitrogen and oxygen atoms in total. The maximum atomic E-state index is 12.9. The molecule has 0 radical (unpaired) electrons. The van der Waals surface area contributed by atoms with Gasteiger partial charge in [0.2, 0.25) is 0 Å². The number of hydrogen-bond donors (Lipinski definition) is 0. The van der Waals surface area contributed by atoms with E-state index in [0.717, 1.165) is 11.1 Å². The number of halogens is 6. The van der Waals surface area contributed by atoms with Gasteiger partial charge in [-0.15, -0.1) is 0 Å². The second-order valence-electron chi connectivity index (χ2n) is 6.09. The van der Waals surface area contributed by atoms with Crippen molar-refractivity contribution in [2.24, 2.45) is 0 Å². The van der Waals surface area contributed by atoms with Gasteiger partial charge in [0.05, 0.1) is 11.1 Å². The number of hydrogen-bond acceptors (Lipinski definition) is 1. The lowest BCUT2D eigenvalue weighted by atomic mass is 10.0. The summed E-state index contributed by atoms with van der Waals surface area (Å²) in [5, 5.41) is 0. The van der Waals surface area contributed by atoms with Gasteiger partial charge in [-0.05, 0) is 47.0 Å². The molecule has 0 fully saturated rings. The predicted molar refractivity (Wildman–Crippen MR) is 92.7 cm³/mol. The lowest BCUT2D eigenvalue weighted by Gasteiger charge is -2.15. The average Bonchev–Trinajstić information content (AvgIpc) is 2.66. The summed E-state index contributed by atoms with van der Waals surface area (Å²) in [6.07, 6.45) is -9.76. The summed E-state index contributed by atoms with van der Waals surface area (Å²) in [5.74, 6) is 0.339. The van der Waals surface area contributed by atoms with Crippen LogP contribution in [0.3, 0.4) is 0 Å². The first-order chi connectivity index (χ1) is 13.1. The number of rotatable bonds is 4. The average molecular weight is 396 g/mol. The quantitative estimate of drug-likeness (QED) is 0.433. The van der Waals surface area contributed by atoms with Crippen LogP contribution in [0.4, 0.5) is 26.3 Å². The summed E-state index contributed by atoms with van der Waals surface area (Å²) in [6, 6.07) is 17.6. The van der Waals surface area contributed by atoms with Crippen molar-refractivity contribution in [2.45, 2.75) is 19.0 Å². The molecule has 0 saturated heterocycles. The van der Waals surface area contributed by atoms with Crippen molar-refractivity contribution in [2.75, 3.05) is 0 Å². The van der Waals surface area contributed by atoms with Gasteiger partial charge in [-0.1, -0.05) is 42.5 Å². The van der Waals surface area contributed by atoms with E-state index in [0.29, 0.717) is 17.9 Å². The Bertz CT molecular complexity index is 896. The molecule has 0 aliphatic heterocycles. The monoisotopic (exact) mass is 396 g/mol. The SMILES string of the molecule is FC(F)(F)c1cc(COc2ccc(-c3ccccc3)cc2)cc(C(F)(F)F)c1. The highest BCUT2D eigenvalue weighted by atomic mass is 19.4. The minimum Gasteiger partial charge on any atom is -0.489 e. The van der Waals surface area contributed by atoms with Crippen LogP contribution in [0.25, 0.3) is 11.1 Å². The first-order valence-corrected chi connectivity index (χ1v) is 8.19. The maximum Gasteiger partial charge on any atom is 0.416 e. The van der Waals surface area contributed by atoms with Gasteiger partial charge >= 0.3 is 12.4 Å². The largest absolute Gasteiger partial charge is 0.489 e. The van der Waals surface area contributed by atoms with E-state index in [4.69, 9.17) is 4.74 Å². The molecule has 0 amide bonds. The fraction of sp³-hybridized carbons (Fsp3) is 0.143. The molecule has 0 saturated carbocycles. The van der Waals surface area contributed by atoms with E-state index in [-0.39, 0.29) is 11.6 Å². The van der Waals surface area contributed by atoms with Crippen molar-refractivity contribution in [3.8, 4) is 16.9 Å². The van der Waals surface area contributed by atoms with Crippen LogP contribution >= 0.6 is 0 Å². The van der Waals surface area contributed by atoms with Crippen LogP contribution in [0, 0.1) is 0 Å². The third-order valence-corrected chi connectivity index (χ3v) is 4.01. The molecular weight excluding hydrogens is 382 g/mol. The van der Waals surface area contributed by atoms with Crippen molar-refractivity contribution in [1.82, 2.24) is 0 Å². The molecule has 0 N–H and O–H groups in total. The van der Waals surface area contributed by atoms with Gasteiger partial charge in [-0.2, -0.15) is 26.3 Å². The minimum absolute atomic E-state index is 0.0954. The van der Waals surface area contributed by atoms with E-state index in [1.165, 1.54) is 0 Å². The highest BCUT2D eigenvalue weighted by molar-refractivity contribution is 5.63. The predicted octanol–water partition coefficient (Wildman–Crippen LogP) is 6.97. The second kappa shape index (κ2) is 7.58. The highest BCUT2D eigenvalue weighted by Gasteiger charge is 2.36. The Hall–Kier alpha value is -2.96. The molecule has 0 spiro atoms. The van der Waals surface area contributed by atoms with Gasteiger partial charge in [0.25, 0.3) is 0 Å². The molecule has 0 atom stereocenters. The number of benzene rings is 3. The zero-order valence-electron chi connectivity index (χ0n) is 14.3. The molecule has 3 aromatic rings. The van der Waals surface area contributed by atoms with E-state index in [9.17, 15) is 26.3 Å². The molecule has 3 aromatic carbocycles. The molecule has 28 heavy (non-hydrogen) atoms. The normalized spacial score (nSPS) is 12.1. The topological polar surface area (TPSA) is 9.23 Å². The highest BCUT2D eigenvalue weighted by Crippen LogP contribution is 2.36. The molecular formula is C21H14F6O.